The van der Waals surface area contributed by atoms with Crippen molar-refractivity contribution in [2.24, 2.45) is 5.73 Å². The molecule has 0 bridgehead atoms. The summed E-state index contributed by atoms with van der Waals surface area (Å²) in [6.45, 7) is 3.49. The zero-order chi connectivity index (χ0) is 18.2. The molecule has 0 atom stereocenters. The van der Waals surface area contributed by atoms with Crippen LogP contribution in [0.5, 0.6) is 5.75 Å². The second-order valence-corrected chi connectivity index (χ2v) is 5.74. The molecule has 3 N–H and O–H groups in total. The van der Waals surface area contributed by atoms with E-state index >= 15 is 0 Å². The third-order valence-electron chi connectivity index (χ3n) is 3.55. The van der Waals surface area contributed by atoms with Crippen LogP contribution in [0.25, 0.3) is 0 Å². The summed E-state index contributed by atoms with van der Waals surface area (Å²) >= 11 is 0. The zero-order valence-corrected chi connectivity index (χ0v) is 14.5. The van der Waals surface area contributed by atoms with Crippen molar-refractivity contribution in [3.8, 4) is 5.75 Å². The van der Waals surface area contributed by atoms with E-state index < -0.39 is 5.91 Å². The Morgan fingerprint density at radius 1 is 1.08 bits per heavy atom. The maximum Gasteiger partial charge on any atom is 0.248 e. The molecule has 2 aromatic carbocycles. The van der Waals surface area contributed by atoms with E-state index in [-0.39, 0.29) is 12.5 Å². The number of nitrogens with one attached hydrogen (secondary N) is 1. The summed E-state index contributed by atoms with van der Waals surface area (Å²) < 4.78 is 5.41. The molecule has 6 nitrogen and oxygen atoms in total. The van der Waals surface area contributed by atoms with Crippen LogP contribution < -0.4 is 15.8 Å². The molecule has 0 aliphatic carbocycles. The topological polar surface area (TPSA) is 84.7 Å². The third-order valence-corrected chi connectivity index (χ3v) is 3.55. The highest BCUT2D eigenvalue weighted by Crippen LogP contribution is 2.13. The molecule has 2 amide bonds. The van der Waals surface area contributed by atoms with Crippen molar-refractivity contribution in [1.82, 2.24) is 4.90 Å². The van der Waals surface area contributed by atoms with Gasteiger partial charge in [0.2, 0.25) is 11.8 Å². The van der Waals surface area contributed by atoms with Gasteiger partial charge in [0.1, 0.15) is 5.75 Å². The number of likely N-dealkylation sites (N-methyl/N-ethyl adjacent to an activating group) is 1. The minimum absolute atomic E-state index is 0.125. The lowest BCUT2D eigenvalue weighted by atomic mass is 10.2. The monoisotopic (exact) mass is 341 g/mol. The average Bonchev–Trinajstić information content (AvgIpc) is 2.57. The number of primary amides is 1. The number of carbonyl (C=O) groups is 2. The predicted molar refractivity (Wildman–Crippen MR) is 97.5 cm³/mol. The molecular formula is C19H23N3O3. The number of hydrogen-bond donors (Lipinski definition) is 2. The maximum atomic E-state index is 12.1. The summed E-state index contributed by atoms with van der Waals surface area (Å²) in [6.07, 6.45) is 0. The Bertz CT molecular complexity index is 712. The van der Waals surface area contributed by atoms with Crippen LogP contribution in [0.2, 0.25) is 0 Å². The van der Waals surface area contributed by atoms with Gasteiger partial charge in [0.05, 0.1) is 13.2 Å². The molecule has 0 saturated carbocycles. The van der Waals surface area contributed by atoms with E-state index in [2.05, 4.69) is 5.32 Å². The molecule has 0 spiro atoms. The molecule has 0 unspecified atom stereocenters. The van der Waals surface area contributed by atoms with E-state index in [9.17, 15) is 9.59 Å². The lowest BCUT2D eigenvalue weighted by Gasteiger charge is -2.16. The number of benzene rings is 2. The van der Waals surface area contributed by atoms with E-state index in [1.165, 1.54) is 0 Å². The zero-order valence-electron chi connectivity index (χ0n) is 14.5. The number of ether oxygens (including phenoxy) is 1. The highest BCUT2D eigenvalue weighted by molar-refractivity contribution is 5.95. The number of nitrogens with two attached hydrogens (primary N) is 1. The van der Waals surface area contributed by atoms with Crippen LogP contribution in [0.1, 0.15) is 22.8 Å². The first-order valence-electron chi connectivity index (χ1n) is 8.08. The van der Waals surface area contributed by atoms with Crippen molar-refractivity contribution in [3.05, 3.63) is 59.7 Å². The quantitative estimate of drug-likeness (QED) is 0.771. The van der Waals surface area contributed by atoms with Crippen molar-refractivity contribution in [2.45, 2.75) is 13.5 Å². The fourth-order valence-electron chi connectivity index (χ4n) is 2.39. The summed E-state index contributed by atoms with van der Waals surface area (Å²) in [5.41, 5.74) is 7.33. The summed E-state index contributed by atoms with van der Waals surface area (Å²) in [4.78, 5) is 25.1. The minimum Gasteiger partial charge on any atom is -0.494 e. The summed E-state index contributed by atoms with van der Waals surface area (Å²) in [5.74, 6) is 0.222. The van der Waals surface area contributed by atoms with Gasteiger partial charge in [-0.3, -0.25) is 14.5 Å². The molecular weight excluding hydrogens is 318 g/mol. The van der Waals surface area contributed by atoms with Gasteiger partial charge in [-0.1, -0.05) is 12.1 Å². The molecule has 0 aromatic heterocycles. The first-order chi connectivity index (χ1) is 12.0. The first kappa shape index (κ1) is 18.5. The standard InChI is InChI=1S/C19H23N3O3/c1-3-25-17-10-4-14(5-11-17)12-22(2)13-18(23)21-16-8-6-15(7-9-16)19(20)24/h4-11H,3,12-13H2,1-2H3,(H2,20,24)(H,21,23). The Hall–Kier alpha value is -2.86. The van der Waals surface area contributed by atoms with E-state index in [1.807, 2.05) is 43.1 Å². The Morgan fingerprint density at radius 2 is 1.72 bits per heavy atom. The Labute approximate surface area is 147 Å². The van der Waals surface area contributed by atoms with Crippen LogP contribution in [-0.2, 0) is 11.3 Å². The second kappa shape index (κ2) is 8.84. The first-order valence-corrected chi connectivity index (χ1v) is 8.08. The van der Waals surface area contributed by atoms with Gasteiger partial charge in [-0.25, -0.2) is 0 Å². The van der Waals surface area contributed by atoms with E-state index in [1.54, 1.807) is 24.3 Å². The van der Waals surface area contributed by atoms with Gasteiger partial charge in [-0.15, -0.1) is 0 Å². The molecule has 0 saturated heterocycles. The molecule has 0 heterocycles. The van der Waals surface area contributed by atoms with Gasteiger partial charge >= 0.3 is 0 Å². The fraction of sp³-hybridized carbons (Fsp3) is 0.263. The summed E-state index contributed by atoms with van der Waals surface area (Å²) in [7, 11) is 1.88. The van der Waals surface area contributed by atoms with Crippen molar-refractivity contribution in [3.63, 3.8) is 0 Å². The van der Waals surface area contributed by atoms with Crippen LogP contribution in [0, 0.1) is 0 Å². The number of rotatable bonds is 8. The number of hydrogen-bond acceptors (Lipinski definition) is 4. The normalized spacial score (nSPS) is 10.5. The van der Waals surface area contributed by atoms with Crippen LogP contribution in [0.15, 0.2) is 48.5 Å². The van der Waals surface area contributed by atoms with Gasteiger partial charge in [0.25, 0.3) is 0 Å². The number of anilines is 1. The van der Waals surface area contributed by atoms with Gasteiger partial charge in [-0.2, -0.15) is 0 Å². The number of amides is 2. The van der Waals surface area contributed by atoms with Gasteiger partial charge in [-0.05, 0) is 55.9 Å². The molecule has 132 valence electrons. The lowest BCUT2D eigenvalue weighted by molar-refractivity contribution is -0.117. The van der Waals surface area contributed by atoms with Crippen molar-refractivity contribution in [2.75, 3.05) is 25.5 Å². The fourth-order valence-corrected chi connectivity index (χ4v) is 2.39. The van der Waals surface area contributed by atoms with E-state index in [4.69, 9.17) is 10.5 Å². The van der Waals surface area contributed by atoms with Crippen LogP contribution >= 0.6 is 0 Å². The second-order valence-electron chi connectivity index (χ2n) is 5.74. The molecule has 0 radical (unpaired) electrons. The van der Waals surface area contributed by atoms with Crippen molar-refractivity contribution in [1.29, 1.82) is 0 Å². The molecule has 2 aromatic rings. The van der Waals surface area contributed by atoms with Gasteiger partial charge in [0, 0.05) is 17.8 Å². The summed E-state index contributed by atoms with van der Waals surface area (Å²) in [5, 5.41) is 2.80. The average molecular weight is 341 g/mol. The van der Waals surface area contributed by atoms with Crippen LogP contribution in [0.3, 0.4) is 0 Å². The molecule has 0 aliphatic heterocycles. The largest absolute Gasteiger partial charge is 0.494 e. The number of nitrogens with zero attached hydrogens (tertiary/aromatic N) is 1. The molecule has 2 rings (SSSR count). The maximum absolute atomic E-state index is 12.1. The van der Waals surface area contributed by atoms with E-state index in [0.717, 1.165) is 11.3 Å². The molecule has 0 fully saturated rings. The highest BCUT2D eigenvalue weighted by Gasteiger charge is 2.08. The minimum atomic E-state index is -0.493. The highest BCUT2D eigenvalue weighted by atomic mass is 16.5. The molecule has 25 heavy (non-hydrogen) atoms. The Kier molecular flexibility index (Phi) is 6.54. The predicted octanol–water partition coefficient (Wildman–Crippen LogP) is 2.25. The van der Waals surface area contributed by atoms with Gasteiger partial charge in [0.15, 0.2) is 0 Å². The van der Waals surface area contributed by atoms with E-state index in [0.29, 0.717) is 24.4 Å². The Balaban J connectivity index is 1.83. The number of carbonyl (C=O) groups excluding carboxylic acids is 2. The Morgan fingerprint density at radius 3 is 2.28 bits per heavy atom. The SMILES string of the molecule is CCOc1ccc(CN(C)CC(=O)Nc2ccc(C(N)=O)cc2)cc1. The third kappa shape index (κ3) is 5.93. The van der Waals surface area contributed by atoms with Crippen LogP contribution in [-0.4, -0.2) is 36.9 Å². The smallest absolute Gasteiger partial charge is 0.248 e. The van der Waals surface area contributed by atoms with Crippen molar-refractivity contribution < 1.29 is 14.3 Å². The molecule has 6 heteroatoms. The molecule has 0 aliphatic rings. The lowest BCUT2D eigenvalue weighted by Crippen LogP contribution is -2.29. The summed E-state index contributed by atoms with van der Waals surface area (Å²) in [6, 6.07) is 14.3. The van der Waals surface area contributed by atoms with Crippen LogP contribution in [0.4, 0.5) is 5.69 Å². The van der Waals surface area contributed by atoms with Gasteiger partial charge < -0.3 is 15.8 Å². The van der Waals surface area contributed by atoms with Crippen molar-refractivity contribution >= 4 is 17.5 Å².